The van der Waals surface area contributed by atoms with Gasteiger partial charge in [-0.15, -0.1) is 0 Å². The van der Waals surface area contributed by atoms with E-state index in [-0.39, 0.29) is 13.1 Å². The first-order valence-electron chi connectivity index (χ1n) is 7.71. The minimum atomic E-state index is -4.20. The average molecular weight is 385 g/mol. The molecule has 1 fully saturated rings. The summed E-state index contributed by atoms with van der Waals surface area (Å²) in [6.45, 7) is 1.77. The van der Waals surface area contributed by atoms with Gasteiger partial charge in [-0.05, 0) is 24.3 Å². The van der Waals surface area contributed by atoms with Gasteiger partial charge in [-0.1, -0.05) is 24.4 Å². The molecule has 0 amide bonds. The molecule has 9 heteroatoms. The van der Waals surface area contributed by atoms with Crippen molar-refractivity contribution >= 4 is 22.2 Å². The zero-order valence-corrected chi connectivity index (χ0v) is 14.9. The third kappa shape index (κ3) is 3.79. The molecule has 3 rings (SSSR count). The van der Waals surface area contributed by atoms with Crippen LogP contribution in [0.1, 0.15) is 0 Å². The van der Waals surface area contributed by atoms with Gasteiger partial charge in [0, 0.05) is 32.4 Å². The van der Waals surface area contributed by atoms with Gasteiger partial charge in [0.1, 0.15) is 16.3 Å². The zero-order valence-electron chi connectivity index (χ0n) is 13.3. The molecule has 25 heavy (non-hydrogen) atoms. The Bertz CT molecular complexity index is 903. The summed E-state index contributed by atoms with van der Waals surface area (Å²) < 4.78 is 56.5. The normalized spacial score (nSPS) is 16.9. The molecule has 0 unspecified atom stereocenters. The van der Waals surface area contributed by atoms with Crippen LogP contribution in [-0.2, 0) is 16.7 Å². The van der Waals surface area contributed by atoms with E-state index in [0.29, 0.717) is 24.4 Å². The van der Waals surface area contributed by atoms with E-state index in [1.54, 1.807) is 0 Å². The predicted molar refractivity (Wildman–Crippen MR) is 92.0 cm³/mol. The topological polar surface area (TPSA) is 45.6 Å². The lowest BCUT2D eigenvalue weighted by atomic mass is 10.3. The van der Waals surface area contributed by atoms with Crippen LogP contribution < -0.4 is 0 Å². The lowest BCUT2D eigenvalue weighted by Crippen LogP contribution is -2.49. The first-order valence-corrected chi connectivity index (χ1v) is 9.56. The van der Waals surface area contributed by atoms with Gasteiger partial charge in [0.2, 0.25) is 10.0 Å². The maximum Gasteiger partial charge on any atom is 0.249 e. The van der Waals surface area contributed by atoms with Crippen LogP contribution >= 0.6 is 12.2 Å². The summed E-state index contributed by atoms with van der Waals surface area (Å²) in [5.74, 6) is -2.14. The number of halogens is 2. The second kappa shape index (κ2) is 7.28. The summed E-state index contributed by atoms with van der Waals surface area (Å²) in [4.78, 5) is 1.16. The molecule has 1 aliphatic rings. The van der Waals surface area contributed by atoms with Crippen molar-refractivity contribution in [2.24, 2.45) is 0 Å². The van der Waals surface area contributed by atoms with Crippen LogP contribution in [0.2, 0.25) is 0 Å². The van der Waals surface area contributed by atoms with E-state index in [9.17, 15) is 17.2 Å². The Balaban J connectivity index is 1.72. The van der Waals surface area contributed by atoms with Crippen molar-refractivity contribution in [2.75, 3.05) is 26.2 Å². The molecule has 134 valence electrons. The fourth-order valence-electron chi connectivity index (χ4n) is 2.76. The van der Waals surface area contributed by atoms with Gasteiger partial charge in [-0.2, -0.15) is 4.31 Å². The van der Waals surface area contributed by atoms with Gasteiger partial charge in [0.05, 0.1) is 6.67 Å². The van der Waals surface area contributed by atoms with Crippen LogP contribution in [0.25, 0.3) is 0 Å². The highest BCUT2D eigenvalue weighted by molar-refractivity contribution is 7.89. The van der Waals surface area contributed by atoms with E-state index >= 15 is 0 Å². The Hall–Kier alpha value is -1.68. The van der Waals surface area contributed by atoms with E-state index in [2.05, 4.69) is 0 Å². The Labute approximate surface area is 150 Å². The third-order valence-corrected chi connectivity index (χ3v) is 6.42. The predicted octanol–water partition coefficient (Wildman–Crippen LogP) is 2.46. The van der Waals surface area contributed by atoms with Gasteiger partial charge in [0.15, 0.2) is 4.90 Å². The summed E-state index contributed by atoms with van der Waals surface area (Å²) in [7, 11) is -4.20. The van der Waals surface area contributed by atoms with Crippen molar-refractivity contribution in [3.63, 3.8) is 0 Å². The highest BCUT2D eigenvalue weighted by atomic mass is 32.2. The minimum Gasteiger partial charge on any atom is -0.326 e. The fraction of sp³-hybridized carbons (Fsp3) is 0.312. The molecule has 0 saturated carbocycles. The number of nitrogens with zero attached hydrogens (tertiary/aromatic N) is 3. The number of benzene rings is 1. The SMILES string of the molecule is O=S(=O)(c1c(F)cccc1F)N1CCN(Cn2ccccc2=S)CC1. The molecule has 2 heterocycles. The first-order chi connectivity index (χ1) is 11.9. The van der Waals surface area contributed by atoms with Crippen molar-refractivity contribution in [1.82, 2.24) is 13.8 Å². The number of hydrogen-bond donors (Lipinski definition) is 0. The lowest BCUT2D eigenvalue weighted by molar-refractivity contribution is 0.151. The Morgan fingerprint density at radius 1 is 0.960 bits per heavy atom. The second-order valence-electron chi connectivity index (χ2n) is 5.72. The molecule has 0 radical (unpaired) electrons. The van der Waals surface area contributed by atoms with Crippen LogP contribution in [0, 0.1) is 16.3 Å². The van der Waals surface area contributed by atoms with Crippen LogP contribution in [0.15, 0.2) is 47.5 Å². The summed E-state index contributed by atoms with van der Waals surface area (Å²) in [6, 6.07) is 8.58. The molecule has 1 saturated heterocycles. The van der Waals surface area contributed by atoms with Crippen molar-refractivity contribution in [3.8, 4) is 0 Å². The Morgan fingerprint density at radius 2 is 1.60 bits per heavy atom. The van der Waals surface area contributed by atoms with Crippen LogP contribution in [0.3, 0.4) is 0 Å². The standard InChI is InChI=1S/C16H17F2N3O2S2/c17-13-4-3-5-14(18)16(13)25(22,23)21-10-8-19(9-11-21)12-20-7-2-1-6-15(20)24/h1-7H,8-12H2. The lowest BCUT2D eigenvalue weighted by Gasteiger charge is -2.34. The van der Waals surface area contributed by atoms with Gasteiger partial charge < -0.3 is 4.57 Å². The molecular formula is C16H17F2N3O2S2. The highest BCUT2D eigenvalue weighted by Gasteiger charge is 2.33. The number of hydrogen-bond acceptors (Lipinski definition) is 4. The number of pyridine rings is 1. The monoisotopic (exact) mass is 385 g/mol. The van der Waals surface area contributed by atoms with Crippen molar-refractivity contribution in [2.45, 2.75) is 11.6 Å². The molecule has 1 aliphatic heterocycles. The first kappa shape index (κ1) is 18.1. The largest absolute Gasteiger partial charge is 0.326 e. The summed E-state index contributed by atoms with van der Waals surface area (Å²) >= 11 is 5.24. The fourth-order valence-corrected chi connectivity index (χ4v) is 4.49. The van der Waals surface area contributed by atoms with E-state index < -0.39 is 26.6 Å². The van der Waals surface area contributed by atoms with Crippen LogP contribution in [0.5, 0.6) is 0 Å². The van der Waals surface area contributed by atoms with Crippen LogP contribution in [0.4, 0.5) is 8.78 Å². The highest BCUT2D eigenvalue weighted by Crippen LogP contribution is 2.23. The third-order valence-electron chi connectivity index (χ3n) is 4.10. The van der Waals surface area contributed by atoms with E-state index in [4.69, 9.17) is 12.2 Å². The maximum atomic E-state index is 13.8. The zero-order chi connectivity index (χ0) is 18.0. The van der Waals surface area contributed by atoms with E-state index in [1.807, 2.05) is 33.9 Å². The molecule has 0 aliphatic carbocycles. The molecular weight excluding hydrogens is 368 g/mol. The summed E-state index contributed by atoms with van der Waals surface area (Å²) in [5, 5.41) is 0. The number of sulfonamides is 1. The van der Waals surface area contributed by atoms with Gasteiger partial charge >= 0.3 is 0 Å². The number of rotatable bonds is 4. The van der Waals surface area contributed by atoms with E-state index in [1.165, 1.54) is 0 Å². The number of piperazine rings is 1. The smallest absolute Gasteiger partial charge is 0.249 e. The van der Waals surface area contributed by atoms with Crippen molar-refractivity contribution in [1.29, 1.82) is 0 Å². The van der Waals surface area contributed by atoms with Crippen molar-refractivity contribution in [3.05, 3.63) is 58.9 Å². The van der Waals surface area contributed by atoms with Gasteiger partial charge in [-0.3, -0.25) is 4.90 Å². The molecule has 5 nitrogen and oxygen atoms in total. The van der Waals surface area contributed by atoms with Crippen molar-refractivity contribution < 1.29 is 17.2 Å². The minimum absolute atomic E-state index is 0.163. The molecule has 1 aromatic carbocycles. The van der Waals surface area contributed by atoms with Gasteiger partial charge in [-0.25, -0.2) is 17.2 Å². The van der Waals surface area contributed by atoms with Gasteiger partial charge in [0.25, 0.3) is 0 Å². The van der Waals surface area contributed by atoms with E-state index in [0.717, 1.165) is 22.5 Å². The number of aromatic nitrogens is 1. The Kier molecular flexibility index (Phi) is 5.28. The summed E-state index contributed by atoms with van der Waals surface area (Å²) in [6.07, 6.45) is 1.86. The molecule has 1 aromatic heterocycles. The second-order valence-corrected chi connectivity index (χ2v) is 8.02. The average Bonchev–Trinajstić information content (AvgIpc) is 2.57. The molecule has 0 spiro atoms. The Morgan fingerprint density at radius 3 is 2.20 bits per heavy atom. The quantitative estimate of drug-likeness (QED) is 0.759. The molecule has 2 aromatic rings. The molecule has 0 bridgehead atoms. The maximum absolute atomic E-state index is 13.8. The summed E-state index contributed by atoms with van der Waals surface area (Å²) in [5.41, 5.74) is 0. The molecule has 0 N–H and O–H groups in total. The van der Waals surface area contributed by atoms with Crippen LogP contribution in [-0.4, -0.2) is 48.4 Å². The molecule has 0 atom stereocenters.